The molecule has 0 unspecified atom stereocenters. The van der Waals surface area contributed by atoms with Crippen molar-refractivity contribution in [1.82, 2.24) is 24.6 Å². The van der Waals surface area contributed by atoms with Crippen LogP contribution < -0.4 is 5.73 Å². The number of nitrogens with two attached hydrogens (primary N) is 1. The Balaban J connectivity index is 1.81. The number of carbonyl (C=O) groups excluding carboxylic acids is 2. The molecular weight excluding hydrogens is 288 g/mol. The monoisotopic (exact) mass is 310 g/mol. The smallest absolute Gasteiger partial charge is 0.410 e. The number of nitrogens with zero attached hydrogens (tertiary/aromatic N) is 5. The second kappa shape index (κ2) is 6.20. The Morgan fingerprint density at radius 3 is 2.32 bits per heavy atom. The topological polar surface area (TPSA) is 107 Å². The predicted molar refractivity (Wildman–Crippen MR) is 78.8 cm³/mol. The van der Waals surface area contributed by atoms with Crippen LogP contribution in [0.15, 0.2) is 6.33 Å². The van der Waals surface area contributed by atoms with Gasteiger partial charge in [-0.3, -0.25) is 4.79 Å². The van der Waals surface area contributed by atoms with Crippen molar-refractivity contribution >= 4 is 17.9 Å². The second-order valence-corrected chi connectivity index (χ2v) is 6.15. The molecule has 1 saturated heterocycles. The van der Waals surface area contributed by atoms with Gasteiger partial charge in [-0.2, -0.15) is 0 Å². The summed E-state index contributed by atoms with van der Waals surface area (Å²) >= 11 is 0. The molecule has 0 saturated carbocycles. The van der Waals surface area contributed by atoms with Crippen LogP contribution in [0.4, 0.5) is 10.7 Å². The van der Waals surface area contributed by atoms with Crippen molar-refractivity contribution < 1.29 is 14.3 Å². The third kappa shape index (κ3) is 4.34. The zero-order valence-corrected chi connectivity index (χ0v) is 13.2. The number of hydrogen-bond donors (Lipinski definition) is 1. The molecule has 9 nitrogen and oxygen atoms in total. The Morgan fingerprint density at radius 2 is 1.82 bits per heavy atom. The van der Waals surface area contributed by atoms with Crippen molar-refractivity contribution in [3.63, 3.8) is 0 Å². The molecule has 1 aliphatic heterocycles. The van der Waals surface area contributed by atoms with E-state index in [0.717, 1.165) is 0 Å². The van der Waals surface area contributed by atoms with E-state index in [9.17, 15) is 9.59 Å². The van der Waals surface area contributed by atoms with Crippen LogP contribution in [0.25, 0.3) is 0 Å². The van der Waals surface area contributed by atoms with Crippen LogP contribution in [-0.4, -0.2) is 68.3 Å². The van der Waals surface area contributed by atoms with Gasteiger partial charge in [0, 0.05) is 26.2 Å². The number of nitrogen functional groups attached to an aromatic ring is 1. The van der Waals surface area contributed by atoms with Gasteiger partial charge in [-0.1, -0.05) is 0 Å². The van der Waals surface area contributed by atoms with Crippen molar-refractivity contribution in [3.8, 4) is 0 Å². The fraction of sp³-hybridized carbons (Fsp3) is 0.692. The van der Waals surface area contributed by atoms with Crippen LogP contribution in [0.2, 0.25) is 0 Å². The lowest BCUT2D eigenvalue weighted by molar-refractivity contribution is -0.133. The third-order valence-electron chi connectivity index (χ3n) is 3.14. The number of rotatable bonds is 2. The van der Waals surface area contributed by atoms with Gasteiger partial charge in [-0.15, -0.1) is 5.10 Å². The van der Waals surface area contributed by atoms with Gasteiger partial charge in [0.05, 0.1) is 0 Å². The lowest BCUT2D eigenvalue weighted by atomic mass is 10.2. The average molecular weight is 310 g/mol. The first-order valence-electron chi connectivity index (χ1n) is 7.15. The summed E-state index contributed by atoms with van der Waals surface area (Å²) in [6.07, 6.45) is 1.08. The first kappa shape index (κ1) is 16.1. The van der Waals surface area contributed by atoms with Gasteiger partial charge in [-0.25, -0.2) is 14.5 Å². The molecule has 0 aromatic carbocycles. The van der Waals surface area contributed by atoms with Gasteiger partial charge in [0.2, 0.25) is 11.9 Å². The summed E-state index contributed by atoms with van der Waals surface area (Å²) in [5.41, 5.74) is 4.89. The fourth-order valence-electron chi connectivity index (χ4n) is 2.09. The summed E-state index contributed by atoms with van der Waals surface area (Å²) in [6, 6.07) is 0. The molecule has 1 aromatic rings. The summed E-state index contributed by atoms with van der Waals surface area (Å²) < 4.78 is 6.72. The van der Waals surface area contributed by atoms with Crippen LogP contribution in [0.5, 0.6) is 0 Å². The highest BCUT2D eigenvalue weighted by Gasteiger charge is 2.27. The van der Waals surface area contributed by atoms with Crippen LogP contribution in [0, 0.1) is 0 Å². The van der Waals surface area contributed by atoms with E-state index in [0.29, 0.717) is 26.2 Å². The van der Waals surface area contributed by atoms with E-state index in [2.05, 4.69) is 10.1 Å². The Kier molecular flexibility index (Phi) is 4.53. The summed E-state index contributed by atoms with van der Waals surface area (Å²) in [7, 11) is 0. The lowest BCUT2D eigenvalue weighted by Crippen LogP contribution is -2.52. The van der Waals surface area contributed by atoms with E-state index in [1.54, 1.807) is 9.80 Å². The number of hydrogen-bond acceptors (Lipinski definition) is 6. The number of anilines is 1. The van der Waals surface area contributed by atoms with Gasteiger partial charge in [0.1, 0.15) is 18.5 Å². The summed E-state index contributed by atoms with van der Waals surface area (Å²) in [4.78, 5) is 31.2. The number of piperazine rings is 1. The highest BCUT2D eigenvalue weighted by molar-refractivity contribution is 5.76. The zero-order chi connectivity index (χ0) is 16.3. The van der Waals surface area contributed by atoms with Gasteiger partial charge in [0.25, 0.3) is 0 Å². The predicted octanol–water partition coefficient (Wildman–Crippen LogP) is -0.0604. The molecule has 0 spiro atoms. The first-order valence-corrected chi connectivity index (χ1v) is 7.15. The van der Waals surface area contributed by atoms with Gasteiger partial charge >= 0.3 is 6.09 Å². The molecule has 122 valence electrons. The van der Waals surface area contributed by atoms with Gasteiger partial charge < -0.3 is 20.3 Å². The highest BCUT2D eigenvalue weighted by Crippen LogP contribution is 2.12. The molecule has 9 heteroatoms. The van der Waals surface area contributed by atoms with Crippen LogP contribution in [0.1, 0.15) is 20.8 Å². The number of carbonyl (C=O) groups is 2. The first-order chi connectivity index (χ1) is 10.2. The molecule has 1 aliphatic rings. The molecule has 2 rings (SSSR count). The van der Waals surface area contributed by atoms with Crippen molar-refractivity contribution in [2.75, 3.05) is 31.9 Å². The third-order valence-corrected chi connectivity index (χ3v) is 3.14. The molecule has 22 heavy (non-hydrogen) atoms. The van der Waals surface area contributed by atoms with E-state index in [4.69, 9.17) is 10.5 Å². The van der Waals surface area contributed by atoms with E-state index in [1.165, 1.54) is 11.0 Å². The minimum Gasteiger partial charge on any atom is -0.444 e. The Labute approximate surface area is 129 Å². The van der Waals surface area contributed by atoms with Gasteiger partial charge in [0.15, 0.2) is 0 Å². The maximum absolute atomic E-state index is 12.1. The normalized spacial score (nSPS) is 15.8. The van der Waals surface area contributed by atoms with Crippen molar-refractivity contribution in [3.05, 3.63) is 6.33 Å². The largest absolute Gasteiger partial charge is 0.444 e. The van der Waals surface area contributed by atoms with Gasteiger partial charge in [-0.05, 0) is 20.8 Å². The SMILES string of the molecule is CC(C)(C)OC(=O)N1CCN(C(=O)Cn2cnc(N)n2)CC1. The molecule has 2 heterocycles. The zero-order valence-electron chi connectivity index (χ0n) is 13.2. The number of aromatic nitrogens is 3. The Bertz CT molecular complexity index is 542. The molecule has 1 aromatic heterocycles. The maximum atomic E-state index is 12.1. The molecule has 0 bridgehead atoms. The lowest BCUT2D eigenvalue weighted by Gasteiger charge is -2.35. The Hall–Kier alpha value is -2.32. The summed E-state index contributed by atoms with van der Waals surface area (Å²) in [5, 5.41) is 3.88. The molecule has 0 radical (unpaired) electrons. The van der Waals surface area contributed by atoms with E-state index < -0.39 is 5.60 Å². The highest BCUT2D eigenvalue weighted by atomic mass is 16.6. The van der Waals surface area contributed by atoms with E-state index in [-0.39, 0.29) is 24.5 Å². The minimum absolute atomic E-state index is 0.0752. The molecular formula is C13H22N6O3. The molecule has 2 N–H and O–H groups in total. The average Bonchev–Trinajstić information content (AvgIpc) is 2.82. The standard InChI is InChI=1S/C13H22N6O3/c1-13(2,3)22-12(21)18-6-4-17(5-7-18)10(20)8-19-9-15-11(14)16-19/h9H,4-8H2,1-3H3,(H2,14,16). The van der Waals surface area contributed by atoms with Crippen molar-refractivity contribution in [2.24, 2.45) is 0 Å². The second-order valence-electron chi connectivity index (χ2n) is 6.15. The maximum Gasteiger partial charge on any atom is 0.410 e. The number of ether oxygens (including phenoxy) is 1. The molecule has 2 amide bonds. The minimum atomic E-state index is -0.517. The van der Waals surface area contributed by atoms with E-state index in [1.807, 2.05) is 20.8 Å². The van der Waals surface area contributed by atoms with Crippen molar-refractivity contribution in [2.45, 2.75) is 32.9 Å². The molecule has 0 aliphatic carbocycles. The Morgan fingerprint density at radius 1 is 1.23 bits per heavy atom. The van der Waals surface area contributed by atoms with Crippen LogP contribution in [-0.2, 0) is 16.1 Å². The van der Waals surface area contributed by atoms with Crippen LogP contribution >= 0.6 is 0 Å². The fourth-order valence-corrected chi connectivity index (χ4v) is 2.09. The molecule has 1 fully saturated rings. The van der Waals surface area contributed by atoms with Crippen molar-refractivity contribution in [1.29, 1.82) is 0 Å². The number of amides is 2. The molecule has 0 atom stereocenters. The van der Waals surface area contributed by atoms with Crippen LogP contribution in [0.3, 0.4) is 0 Å². The summed E-state index contributed by atoms with van der Waals surface area (Å²) in [6.45, 7) is 7.44. The summed E-state index contributed by atoms with van der Waals surface area (Å²) in [5.74, 6) is 0.0660. The van der Waals surface area contributed by atoms with E-state index >= 15 is 0 Å². The quantitative estimate of drug-likeness (QED) is 0.820.